The van der Waals surface area contributed by atoms with E-state index in [0.717, 1.165) is 13.0 Å². The van der Waals surface area contributed by atoms with E-state index in [9.17, 15) is 13.2 Å². The zero-order valence-electron chi connectivity index (χ0n) is 9.21. The number of hydrogen-bond donors (Lipinski definition) is 1. The highest BCUT2D eigenvalue weighted by molar-refractivity contribution is 5.28. The Kier molecular flexibility index (Phi) is 6.06. The summed E-state index contributed by atoms with van der Waals surface area (Å²) in [5.74, 6) is 0. The van der Waals surface area contributed by atoms with Crippen molar-refractivity contribution in [2.75, 3.05) is 7.11 Å². The van der Waals surface area contributed by atoms with Crippen LogP contribution in [0.15, 0.2) is 36.0 Å². The Morgan fingerprint density at radius 3 is 2.44 bits per heavy atom. The Bertz CT molecular complexity index is 290. The number of ether oxygens (including phenoxy) is 1. The molecule has 0 rings (SSSR count). The number of halogens is 3. The minimum atomic E-state index is -4.36. The first-order chi connectivity index (χ1) is 7.31. The molecule has 0 aliphatic heterocycles. The molecule has 1 unspecified atom stereocenters. The van der Waals surface area contributed by atoms with Crippen molar-refractivity contribution >= 4 is 0 Å². The molecule has 1 atom stereocenters. The monoisotopic (exact) mass is 236 g/mol. The van der Waals surface area contributed by atoms with E-state index in [1.54, 1.807) is 0 Å². The molecule has 0 spiro atoms. The van der Waals surface area contributed by atoms with Gasteiger partial charge in [0.05, 0.1) is 0 Å². The van der Waals surface area contributed by atoms with Crippen LogP contribution < -0.4 is 0 Å². The first-order valence-corrected chi connectivity index (χ1v) is 4.59. The Morgan fingerprint density at radius 2 is 2.06 bits per heavy atom. The second-order valence-electron chi connectivity index (χ2n) is 3.20. The number of aliphatic hydroxyl groups excluding tert-OH is 1. The molecule has 0 fully saturated rings. The Balaban J connectivity index is 4.83. The van der Waals surface area contributed by atoms with Gasteiger partial charge in [0.25, 0.3) is 0 Å². The summed E-state index contributed by atoms with van der Waals surface area (Å²) < 4.78 is 41.3. The zero-order chi connectivity index (χ0) is 12.8. The van der Waals surface area contributed by atoms with E-state index < -0.39 is 18.0 Å². The molecule has 1 N–H and O–H groups in total. The number of aliphatic hydroxyl groups is 1. The van der Waals surface area contributed by atoms with Crippen LogP contribution in [0.2, 0.25) is 0 Å². The minimum absolute atomic E-state index is 0.0179. The van der Waals surface area contributed by atoms with Gasteiger partial charge in [0.1, 0.15) is 0 Å². The maximum atomic E-state index is 12.3. The van der Waals surface area contributed by atoms with E-state index in [-0.39, 0.29) is 6.42 Å². The van der Waals surface area contributed by atoms with Gasteiger partial charge >= 0.3 is 6.18 Å². The van der Waals surface area contributed by atoms with Gasteiger partial charge in [-0.2, -0.15) is 13.2 Å². The summed E-state index contributed by atoms with van der Waals surface area (Å²) in [6.45, 7) is 4.36. The van der Waals surface area contributed by atoms with Crippen LogP contribution in [-0.2, 0) is 4.74 Å². The molecule has 0 aliphatic carbocycles. The van der Waals surface area contributed by atoms with Crippen molar-refractivity contribution in [1.29, 1.82) is 0 Å². The van der Waals surface area contributed by atoms with Crippen molar-refractivity contribution in [3.05, 3.63) is 36.0 Å². The van der Waals surface area contributed by atoms with Gasteiger partial charge in [0, 0.05) is 19.1 Å². The lowest BCUT2D eigenvalue weighted by atomic mass is 10.1. The van der Waals surface area contributed by atoms with E-state index in [1.165, 1.54) is 19.3 Å². The standard InChI is InChI=1S/C11H15F3O2/c1-4-5-9(7-10(15)16-3)6-8(2)11(12,13)14/h4-6,10,15H,1,7H2,2-3H3/b8-6+,9-5+. The molecule has 0 aromatic carbocycles. The van der Waals surface area contributed by atoms with Crippen LogP contribution in [0.25, 0.3) is 0 Å². The van der Waals surface area contributed by atoms with E-state index >= 15 is 0 Å². The molecular formula is C11H15F3O2. The molecule has 0 heterocycles. The molecule has 0 saturated heterocycles. The van der Waals surface area contributed by atoms with Crippen molar-refractivity contribution in [3.8, 4) is 0 Å². The SMILES string of the molecule is C=C/C=C(\C=C(/C)C(F)(F)F)CC(O)OC. The Labute approximate surface area is 92.7 Å². The van der Waals surface area contributed by atoms with Crippen molar-refractivity contribution in [3.63, 3.8) is 0 Å². The quantitative estimate of drug-likeness (QED) is 0.587. The number of hydrogen-bond acceptors (Lipinski definition) is 2. The highest BCUT2D eigenvalue weighted by Gasteiger charge is 2.29. The van der Waals surface area contributed by atoms with Gasteiger partial charge in [-0.1, -0.05) is 24.8 Å². The molecule has 92 valence electrons. The fourth-order valence-corrected chi connectivity index (χ4v) is 0.971. The van der Waals surface area contributed by atoms with Crippen LogP contribution in [-0.4, -0.2) is 24.7 Å². The van der Waals surface area contributed by atoms with Gasteiger partial charge in [-0.3, -0.25) is 0 Å². The topological polar surface area (TPSA) is 29.5 Å². The smallest absolute Gasteiger partial charge is 0.368 e. The molecule has 0 aromatic rings. The Morgan fingerprint density at radius 1 is 1.50 bits per heavy atom. The molecule has 0 amide bonds. The first-order valence-electron chi connectivity index (χ1n) is 4.59. The normalized spacial score (nSPS) is 16.1. The van der Waals surface area contributed by atoms with Gasteiger partial charge < -0.3 is 9.84 Å². The summed E-state index contributed by atoms with van der Waals surface area (Å²) in [7, 11) is 1.27. The number of methoxy groups -OCH3 is 1. The summed E-state index contributed by atoms with van der Waals surface area (Å²) in [5.41, 5.74) is -0.428. The Hall–Kier alpha value is -1.07. The van der Waals surface area contributed by atoms with E-state index in [4.69, 9.17) is 5.11 Å². The molecule has 0 aliphatic rings. The summed E-state index contributed by atoms with van der Waals surface area (Å²) in [4.78, 5) is 0. The molecule has 2 nitrogen and oxygen atoms in total. The zero-order valence-corrected chi connectivity index (χ0v) is 9.21. The van der Waals surface area contributed by atoms with Gasteiger partial charge in [-0.15, -0.1) is 0 Å². The number of allylic oxidation sites excluding steroid dienone is 4. The minimum Gasteiger partial charge on any atom is -0.368 e. The molecular weight excluding hydrogens is 221 g/mol. The second kappa shape index (κ2) is 6.50. The highest BCUT2D eigenvalue weighted by Crippen LogP contribution is 2.26. The highest BCUT2D eigenvalue weighted by atomic mass is 19.4. The third kappa shape index (κ3) is 5.72. The van der Waals surface area contributed by atoms with E-state index in [2.05, 4.69) is 11.3 Å². The number of alkyl halides is 3. The summed E-state index contributed by atoms with van der Waals surface area (Å²) in [5, 5.41) is 9.16. The van der Waals surface area contributed by atoms with Crippen molar-refractivity contribution in [1.82, 2.24) is 0 Å². The summed E-state index contributed by atoms with van der Waals surface area (Å²) >= 11 is 0. The van der Waals surface area contributed by atoms with Crippen LogP contribution in [0, 0.1) is 0 Å². The van der Waals surface area contributed by atoms with Gasteiger partial charge in [0.15, 0.2) is 6.29 Å². The molecule has 0 bridgehead atoms. The fourth-order valence-electron chi connectivity index (χ4n) is 0.971. The average Bonchev–Trinajstić information content (AvgIpc) is 2.16. The van der Waals surface area contributed by atoms with E-state index in [1.807, 2.05) is 0 Å². The lowest BCUT2D eigenvalue weighted by molar-refractivity contribution is -0.0917. The number of rotatable bonds is 5. The van der Waals surface area contributed by atoms with Gasteiger partial charge in [0.2, 0.25) is 0 Å². The summed E-state index contributed by atoms with van der Waals surface area (Å²) in [6.07, 6.45) is -1.78. The predicted octanol–water partition coefficient (Wildman–Crippen LogP) is 2.96. The van der Waals surface area contributed by atoms with E-state index in [0.29, 0.717) is 5.57 Å². The third-order valence-electron chi connectivity index (χ3n) is 1.86. The van der Waals surface area contributed by atoms with Gasteiger partial charge in [-0.05, 0) is 12.5 Å². The maximum absolute atomic E-state index is 12.3. The van der Waals surface area contributed by atoms with Gasteiger partial charge in [-0.25, -0.2) is 0 Å². The van der Waals surface area contributed by atoms with Crippen LogP contribution >= 0.6 is 0 Å². The predicted molar refractivity (Wildman–Crippen MR) is 55.7 cm³/mol. The molecule has 0 saturated carbocycles. The van der Waals surface area contributed by atoms with Crippen molar-refractivity contribution in [2.45, 2.75) is 25.8 Å². The van der Waals surface area contributed by atoms with Crippen molar-refractivity contribution in [2.24, 2.45) is 0 Å². The molecule has 0 aromatic heterocycles. The lowest BCUT2D eigenvalue weighted by Gasteiger charge is -2.11. The first kappa shape index (κ1) is 14.9. The van der Waals surface area contributed by atoms with Crippen molar-refractivity contribution < 1.29 is 23.0 Å². The van der Waals surface area contributed by atoms with Crippen LogP contribution in [0.1, 0.15) is 13.3 Å². The average molecular weight is 236 g/mol. The second-order valence-corrected chi connectivity index (χ2v) is 3.20. The maximum Gasteiger partial charge on any atom is 0.412 e. The molecule has 16 heavy (non-hydrogen) atoms. The lowest BCUT2D eigenvalue weighted by Crippen LogP contribution is -2.12. The van der Waals surface area contributed by atoms with Crippen LogP contribution in [0.3, 0.4) is 0 Å². The fraction of sp³-hybridized carbons (Fsp3) is 0.455. The molecule has 5 heteroatoms. The summed E-state index contributed by atoms with van der Waals surface area (Å²) in [6, 6.07) is 0. The molecule has 0 radical (unpaired) electrons. The largest absolute Gasteiger partial charge is 0.412 e. The van der Waals surface area contributed by atoms with Crippen LogP contribution in [0.4, 0.5) is 13.2 Å². The van der Waals surface area contributed by atoms with Crippen LogP contribution in [0.5, 0.6) is 0 Å². The third-order valence-corrected chi connectivity index (χ3v) is 1.86.